The van der Waals surface area contributed by atoms with E-state index in [0.29, 0.717) is 11.3 Å². The minimum Gasteiger partial charge on any atom is -0.495 e. The van der Waals surface area contributed by atoms with E-state index in [1.54, 1.807) is 19.2 Å². The first kappa shape index (κ1) is 13.7. The minimum atomic E-state index is -0.356. The van der Waals surface area contributed by atoms with Crippen molar-refractivity contribution in [1.82, 2.24) is 0 Å². The number of hydrogen-bond donors (Lipinski definition) is 1. The molecule has 1 fully saturated rings. The Balaban J connectivity index is 2.23. The number of esters is 1. The summed E-state index contributed by atoms with van der Waals surface area (Å²) >= 11 is 0. The molecule has 0 atom stereocenters. The Morgan fingerprint density at radius 2 is 2.00 bits per heavy atom. The number of piperidine rings is 1. The predicted molar refractivity (Wildman–Crippen MR) is 73.8 cm³/mol. The van der Waals surface area contributed by atoms with Crippen LogP contribution in [0.15, 0.2) is 18.2 Å². The maximum absolute atomic E-state index is 11.5. The van der Waals surface area contributed by atoms with Gasteiger partial charge in [-0.2, -0.15) is 0 Å². The Hall–Kier alpha value is -1.75. The van der Waals surface area contributed by atoms with E-state index < -0.39 is 0 Å². The van der Waals surface area contributed by atoms with Crippen LogP contribution in [0.5, 0.6) is 5.75 Å². The Kier molecular flexibility index (Phi) is 4.27. The predicted octanol–water partition coefficient (Wildman–Crippen LogP) is 1.41. The third kappa shape index (κ3) is 2.98. The molecule has 0 aromatic heterocycles. The Bertz CT molecular complexity index is 454. The summed E-state index contributed by atoms with van der Waals surface area (Å²) in [5.41, 5.74) is 7.41. The van der Waals surface area contributed by atoms with Crippen LogP contribution < -0.4 is 15.4 Å². The number of nitrogens with zero attached hydrogens (tertiary/aromatic N) is 1. The molecular weight excluding hydrogens is 244 g/mol. The normalized spacial score (nSPS) is 16.3. The second kappa shape index (κ2) is 5.93. The summed E-state index contributed by atoms with van der Waals surface area (Å²) in [6, 6.07) is 5.67. The largest absolute Gasteiger partial charge is 0.495 e. The molecule has 5 nitrogen and oxygen atoms in total. The zero-order chi connectivity index (χ0) is 13.8. The van der Waals surface area contributed by atoms with Gasteiger partial charge in [0.25, 0.3) is 0 Å². The average Bonchev–Trinajstić information content (AvgIpc) is 2.46. The van der Waals surface area contributed by atoms with Gasteiger partial charge in [0.2, 0.25) is 0 Å². The summed E-state index contributed by atoms with van der Waals surface area (Å²) < 4.78 is 10.1. The van der Waals surface area contributed by atoms with Gasteiger partial charge in [-0.05, 0) is 31.0 Å². The molecule has 0 spiro atoms. The first-order chi connectivity index (χ1) is 9.15. The third-order valence-electron chi connectivity index (χ3n) is 3.48. The summed E-state index contributed by atoms with van der Waals surface area (Å²) in [5.74, 6) is 0.337. The smallest absolute Gasteiger partial charge is 0.337 e. The number of carbonyl (C=O) groups excluding carboxylic acids is 1. The molecule has 0 radical (unpaired) electrons. The van der Waals surface area contributed by atoms with Crippen molar-refractivity contribution in [3.63, 3.8) is 0 Å². The number of benzene rings is 1. The van der Waals surface area contributed by atoms with Gasteiger partial charge in [0.05, 0.1) is 25.5 Å². The lowest BCUT2D eigenvalue weighted by atomic mass is 10.0. The van der Waals surface area contributed by atoms with Gasteiger partial charge < -0.3 is 20.1 Å². The molecule has 19 heavy (non-hydrogen) atoms. The highest BCUT2D eigenvalue weighted by atomic mass is 16.5. The molecule has 1 aromatic rings. The topological polar surface area (TPSA) is 64.8 Å². The fourth-order valence-corrected chi connectivity index (χ4v) is 2.32. The number of nitrogens with two attached hydrogens (primary N) is 1. The zero-order valence-corrected chi connectivity index (χ0v) is 11.4. The molecule has 5 heteroatoms. The molecule has 0 bridgehead atoms. The molecule has 0 saturated carbocycles. The van der Waals surface area contributed by atoms with Crippen molar-refractivity contribution in [2.24, 2.45) is 5.73 Å². The van der Waals surface area contributed by atoms with Crippen molar-refractivity contribution in [2.45, 2.75) is 18.9 Å². The van der Waals surface area contributed by atoms with E-state index in [1.807, 2.05) is 6.07 Å². The number of hydrogen-bond acceptors (Lipinski definition) is 5. The summed E-state index contributed by atoms with van der Waals surface area (Å²) in [7, 11) is 2.98. The van der Waals surface area contributed by atoms with Gasteiger partial charge in [-0.3, -0.25) is 0 Å². The number of anilines is 1. The second-order valence-electron chi connectivity index (χ2n) is 4.70. The Morgan fingerprint density at radius 3 is 2.58 bits per heavy atom. The second-order valence-corrected chi connectivity index (χ2v) is 4.70. The maximum atomic E-state index is 11.5. The van der Waals surface area contributed by atoms with E-state index in [1.165, 1.54) is 7.11 Å². The number of ether oxygens (including phenoxy) is 2. The van der Waals surface area contributed by atoms with Crippen LogP contribution in [0.3, 0.4) is 0 Å². The van der Waals surface area contributed by atoms with Crippen LogP contribution >= 0.6 is 0 Å². The third-order valence-corrected chi connectivity index (χ3v) is 3.48. The van der Waals surface area contributed by atoms with E-state index in [4.69, 9.17) is 15.2 Å². The van der Waals surface area contributed by atoms with Crippen molar-refractivity contribution >= 4 is 11.7 Å². The van der Waals surface area contributed by atoms with E-state index in [2.05, 4.69) is 4.90 Å². The van der Waals surface area contributed by atoms with Crippen LogP contribution in [-0.2, 0) is 4.74 Å². The van der Waals surface area contributed by atoms with Crippen molar-refractivity contribution in [3.05, 3.63) is 23.8 Å². The van der Waals surface area contributed by atoms with Gasteiger partial charge in [-0.25, -0.2) is 4.79 Å². The first-order valence-corrected chi connectivity index (χ1v) is 6.42. The van der Waals surface area contributed by atoms with Gasteiger partial charge >= 0.3 is 5.97 Å². The molecule has 1 saturated heterocycles. The molecule has 2 rings (SSSR count). The fourth-order valence-electron chi connectivity index (χ4n) is 2.32. The number of methoxy groups -OCH3 is 2. The van der Waals surface area contributed by atoms with Crippen molar-refractivity contribution in [3.8, 4) is 5.75 Å². The van der Waals surface area contributed by atoms with Crippen molar-refractivity contribution in [1.29, 1.82) is 0 Å². The Morgan fingerprint density at radius 1 is 1.32 bits per heavy atom. The lowest BCUT2D eigenvalue weighted by Crippen LogP contribution is -2.39. The summed E-state index contributed by atoms with van der Waals surface area (Å²) in [6.45, 7) is 1.82. The van der Waals surface area contributed by atoms with E-state index in [-0.39, 0.29) is 12.0 Å². The van der Waals surface area contributed by atoms with Gasteiger partial charge in [0.1, 0.15) is 5.75 Å². The lowest BCUT2D eigenvalue weighted by Gasteiger charge is -2.32. The minimum absolute atomic E-state index is 0.289. The van der Waals surface area contributed by atoms with Gasteiger partial charge in [0, 0.05) is 19.1 Å². The molecule has 0 unspecified atom stereocenters. The summed E-state index contributed by atoms with van der Waals surface area (Å²) in [4.78, 5) is 13.7. The molecule has 0 aliphatic carbocycles. The van der Waals surface area contributed by atoms with Crippen molar-refractivity contribution in [2.75, 3.05) is 32.2 Å². The fraction of sp³-hybridized carbons (Fsp3) is 0.500. The standard InChI is InChI=1S/C14H20N2O3/c1-18-13-9-10(14(17)19-2)3-4-12(13)16-7-5-11(15)6-8-16/h3-4,9,11H,5-8,15H2,1-2H3. The summed E-state index contributed by atoms with van der Waals surface area (Å²) in [6.07, 6.45) is 1.95. The Labute approximate surface area is 113 Å². The number of carbonyl (C=O) groups is 1. The molecule has 1 aromatic carbocycles. The average molecular weight is 264 g/mol. The summed E-state index contributed by atoms with van der Waals surface area (Å²) in [5, 5.41) is 0. The van der Waals surface area contributed by atoms with Crippen LogP contribution in [0.4, 0.5) is 5.69 Å². The molecule has 1 aliphatic heterocycles. The van der Waals surface area contributed by atoms with Crippen LogP contribution in [-0.4, -0.2) is 39.3 Å². The quantitative estimate of drug-likeness (QED) is 0.836. The SMILES string of the molecule is COC(=O)c1ccc(N2CCC(N)CC2)c(OC)c1. The molecule has 0 amide bonds. The first-order valence-electron chi connectivity index (χ1n) is 6.42. The van der Waals surface area contributed by atoms with Gasteiger partial charge in [-0.15, -0.1) is 0 Å². The van der Waals surface area contributed by atoms with Gasteiger partial charge in [0.15, 0.2) is 0 Å². The highest BCUT2D eigenvalue weighted by Crippen LogP contribution is 2.31. The van der Waals surface area contributed by atoms with E-state index >= 15 is 0 Å². The zero-order valence-electron chi connectivity index (χ0n) is 11.4. The van der Waals surface area contributed by atoms with Gasteiger partial charge in [-0.1, -0.05) is 0 Å². The van der Waals surface area contributed by atoms with Crippen LogP contribution in [0, 0.1) is 0 Å². The molecule has 1 heterocycles. The monoisotopic (exact) mass is 264 g/mol. The number of rotatable bonds is 3. The van der Waals surface area contributed by atoms with Crippen LogP contribution in [0.25, 0.3) is 0 Å². The molecular formula is C14H20N2O3. The molecule has 1 aliphatic rings. The highest BCUT2D eigenvalue weighted by Gasteiger charge is 2.20. The highest BCUT2D eigenvalue weighted by molar-refractivity contribution is 5.90. The van der Waals surface area contributed by atoms with Crippen LogP contribution in [0.2, 0.25) is 0 Å². The van der Waals surface area contributed by atoms with E-state index in [0.717, 1.165) is 31.6 Å². The van der Waals surface area contributed by atoms with E-state index in [9.17, 15) is 4.79 Å². The molecule has 104 valence electrons. The molecule has 2 N–H and O–H groups in total. The maximum Gasteiger partial charge on any atom is 0.337 e. The van der Waals surface area contributed by atoms with Crippen molar-refractivity contribution < 1.29 is 14.3 Å². The lowest BCUT2D eigenvalue weighted by molar-refractivity contribution is 0.0600. The van der Waals surface area contributed by atoms with Crippen LogP contribution in [0.1, 0.15) is 23.2 Å².